The van der Waals surface area contributed by atoms with Gasteiger partial charge in [0.05, 0.1) is 0 Å². The lowest BCUT2D eigenvalue weighted by Gasteiger charge is -2.21. The molecular formula is C27H21Cl. The molecule has 0 aliphatic heterocycles. The molecule has 1 aliphatic rings. The van der Waals surface area contributed by atoms with E-state index < -0.39 is 0 Å². The Morgan fingerprint density at radius 2 is 1.25 bits per heavy atom. The molecular weight excluding hydrogens is 360 g/mol. The van der Waals surface area contributed by atoms with Crippen molar-refractivity contribution in [1.29, 1.82) is 0 Å². The first kappa shape index (κ1) is 17.3. The van der Waals surface area contributed by atoms with Gasteiger partial charge in [0.25, 0.3) is 0 Å². The Labute approximate surface area is 171 Å². The molecule has 4 aromatic rings. The van der Waals surface area contributed by atoms with E-state index in [1.165, 1.54) is 33.4 Å². The number of hydrogen-bond donors (Lipinski definition) is 0. The van der Waals surface area contributed by atoms with E-state index in [9.17, 15) is 0 Å². The van der Waals surface area contributed by atoms with Gasteiger partial charge in [-0.2, -0.15) is 0 Å². The van der Waals surface area contributed by atoms with Crippen LogP contribution in [-0.2, 0) is 5.41 Å². The molecule has 0 aromatic heterocycles. The summed E-state index contributed by atoms with van der Waals surface area (Å²) in [6, 6.07) is 32.2. The van der Waals surface area contributed by atoms with Gasteiger partial charge < -0.3 is 0 Å². The summed E-state index contributed by atoms with van der Waals surface area (Å²) < 4.78 is 0. The fraction of sp³-hybridized carbons (Fsp3) is 0.111. The molecule has 0 heterocycles. The maximum Gasteiger partial charge on any atom is 0.0484 e. The zero-order chi connectivity index (χ0) is 19.3. The number of hydrogen-bond acceptors (Lipinski definition) is 0. The molecule has 0 unspecified atom stereocenters. The van der Waals surface area contributed by atoms with Crippen LogP contribution in [0.4, 0.5) is 0 Å². The normalized spacial score (nSPS) is 13.8. The van der Waals surface area contributed by atoms with Crippen molar-refractivity contribution in [2.75, 3.05) is 0 Å². The van der Waals surface area contributed by atoms with Gasteiger partial charge in [0, 0.05) is 16.0 Å². The van der Waals surface area contributed by atoms with E-state index in [-0.39, 0.29) is 5.41 Å². The fourth-order valence-corrected chi connectivity index (χ4v) is 4.75. The van der Waals surface area contributed by atoms with Crippen LogP contribution in [0, 0.1) is 0 Å². The lowest BCUT2D eigenvalue weighted by molar-refractivity contribution is 0.660. The molecule has 28 heavy (non-hydrogen) atoms. The smallest absolute Gasteiger partial charge is 0.0484 e. The minimum atomic E-state index is 0.0105. The lowest BCUT2D eigenvalue weighted by Crippen LogP contribution is -2.14. The topological polar surface area (TPSA) is 0 Å². The average Bonchev–Trinajstić information content (AvgIpc) is 2.97. The number of benzene rings is 4. The zero-order valence-electron chi connectivity index (χ0n) is 16.0. The lowest BCUT2D eigenvalue weighted by atomic mass is 9.82. The largest absolute Gasteiger partial charge is 0.0837 e. The highest BCUT2D eigenvalue weighted by Gasteiger charge is 2.36. The van der Waals surface area contributed by atoms with Crippen molar-refractivity contribution in [3.63, 3.8) is 0 Å². The van der Waals surface area contributed by atoms with Gasteiger partial charge >= 0.3 is 0 Å². The minimum absolute atomic E-state index is 0.0105. The summed E-state index contributed by atoms with van der Waals surface area (Å²) in [6.45, 7) is 4.64. The van der Waals surface area contributed by atoms with Crippen LogP contribution in [0.1, 0.15) is 25.0 Å². The van der Waals surface area contributed by atoms with Crippen molar-refractivity contribution in [1.82, 2.24) is 0 Å². The predicted octanol–water partition coefficient (Wildman–Crippen LogP) is 7.98. The summed E-state index contributed by atoms with van der Waals surface area (Å²) in [5.74, 6) is 0. The number of halogens is 1. The fourth-order valence-electron chi connectivity index (χ4n) is 4.53. The number of fused-ring (bicyclic) bond motifs is 3. The standard InChI is InChI=1S/C27H21Cl/c1-27(2)23-13-7-6-11-21(23)26-20(12-8-14-24(26)27)19-15-16-25(28)22(17-19)18-9-4-3-5-10-18/h3-17H,1-2H3. The quantitative estimate of drug-likeness (QED) is 0.330. The van der Waals surface area contributed by atoms with Gasteiger partial charge in [-0.3, -0.25) is 0 Å². The molecule has 0 atom stereocenters. The van der Waals surface area contributed by atoms with E-state index in [2.05, 4.69) is 92.7 Å². The molecule has 4 aromatic carbocycles. The van der Waals surface area contributed by atoms with Crippen LogP contribution >= 0.6 is 11.6 Å². The molecule has 136 valence electrons. The van der Waals surface area contributed by atoms with Crippen LogP contribution in [0.25, 0.3) is 33.4 Å². The first-order valence-corrected chi connectivity index (χ1v) is 10.0. The SMILES string of the molecule is CC1(C)c2ccccc2-c2c(-c3ccc(Cl)c(-c4ccccc4)c3)cccc21. The molecule has 1 heteroatoms. The Morgan fingerprint density at radius 3 is 2.07 bits per heavy atom. The van der Waals surface area contributed by atoms with E-state index in [1.807, 2.05) is 12.1 Å². The Morgan fingerprint density at radius 1 is 0.571 bits per heavy atom. The van der Waals surface area contributed by atoms with Gasteiger partial charge in [0.1, 0.15) is 0 Å². The van der Waals surface area contributed by atoms with Crippen molar-refractivity contribution in [3.8, 4) is 33.4 Å². The summed E-state index contributed by atoms with van der Waals surface area (Å²) >= 11 is 6.56. The zero-order valence-corrected chi connectivity index (χ0v) is 16.8. The summed E-state index contributed by atoms with van der Waals surface area (Å²) in [4.78, 5) is 0. The third-order valence-corrected chi connectivity index (χ3v) is 6.30. The maximum atomic E-state index is 6.56. The van der Waals surface area contributed by atoms with Crippen LogP contribution in [0.5, 0.6) is 0 Å². The van der Waals surface area contributed by atoms with Crippen molar-refractivity contribution < 1.29 is 0 Å². The molecule has 0 bridgehead atoms. The minimum Gasteiger partial charge on any atom is -0.0837 e. The van der Waals surface area contributed by atoms with Crippen molar-refractivity contribution in [3.05, 3.63) is 107 Å². The van der Waals surface area contributed by atoms with E-state index in [1.54, 1.807) is 0 Å². The van der Waals surface area contributed by atoms with E-state index in [0.717, 1.165) is 16.1 Å². The summed E-state index contributed by atoms with van der Waals surface area (Å²) in [7, 11) is 0. The monoisotopic (exact) mass is 380 g/mol. The van der Waals surface area contributed by atoms with Crippen LogP contribution in [0.2, 0.25) is 5.02 Å². The highest BCUT2D eigenvalue weighted by Crippen LogP contribution is 2.52. The van der Waals surface area contributed by atoms with Crippen LogP contribution in [0.15, 0.2) is 91.0 Å². The average molecular weight is 381 g/mol. The molecule has 0 saturated carbocycles. The van der Waals surface area contributed by atoms with Crippen LogP contribution in [0.3, 0.4) is 0 Å². The van der Waals surface area contributed by atoms with Crippen LogP contribution < -0.4 is 0 Å². The third-order valence-electron chi connectivity index (χ3n) is 5.97. The predicted molar refractivity (Wildman–Crippen MR) is 120 cm³/mol. The van der Waals surface area contributed by atoms with Gasteiger partial charge in [-0.05, 0) is 51.1 Å². The highest BCUT2D eigenvalue weighted by molar-refractivity contribution is 6.33. The van der Waals surface area contributed by atoms with Crippen molar-refractivity contribution in [2.24, 2.45) is 0 Å². The third kappa shape index (κ3) is 2.52. The Hall–Kier alpha value is -2.83. The molecule has 1 aliphatic carbocycles. The molecule has 0 amide bonds. The van der Waals surface area contributed by atoms with Gasteiger partial charge in [0.2, 0.25) is 0 Å². The summed E-state index contributed by atoms with van der Waals surface area (Å²) in [6.07, 6.45) is 0. The summed E-state index contributed by atoms with van der Waals surface area (Å²) in [5.41, 5.74) is 10.2. The second kappa shape index (κ2) is 6.36. The maximum absolute atomic E-state index is 6.56. The Bertz CT molecular complexity index is 1190. The molecule has 0 fully saturated rings. The molecule has 0 spiro atoms. The molecule has 5 rings (SSSR count). The Balaban J connectivity index is 1.76. The van der Waals surface area contributed by atoms with Gasteiger partial charge in [-0.25, -0.2) is 0 Å². The molecule has 0 N–H and O–H groups in total. The van der Waals surface area contributed by atoms with Gasteiger partial charge in [-0.1, -0.05) is 104 Å². The first-order chi connectivity index (χ1) is 13.6. The second-order valence-electron chi connectivity index (χ2n) is 7.96. The number of rotatable bonds is 2. The van der Waals surface area contributed by atoms with Crippen molar-refractivity contribution >= 4 is 11.6 Å². The second-order valence-corrected chi connectivity index (χ2v) is 8.37. The van der Waals surface area contributed by atoms with Crippen LogP contribution in [-0.4, -0.2) is 0 Å². The summed E-state index contributed by atoms with van der Waals surface area (Å²) in [5, 5.41) is 0.781. The van der Waals surface area contributed by atoms with E-state index >= 15 is 0 Å². The highest BCUT2D eigenvalue weighted by atomic mass is 35.5. The van der Waals surface area contributed by atoms with E-state index in [4.69, 9.17) is 11.6 Å². The van der Waals surface area contributed by atoms with Gasteiger partial charge in [-0.15, -0.1) is 0 Å². The van der Waals surface area contributed by atoms with Gasteiger partial charge in [0.15, 0.2) is 0 Å². The van der Waals surface area contributed by atoms with E-state index in [0.29, 0.717) is 0 Å². The molecule has 0 nitrogen and oxygen atoms in total. The van der Waals surface area contributed by atoms with Crippen molar-refractivity contribution in [2.45, 2.75) is 19.3 Å². The molecule has 0 radical (unpaired) electrons. The Kier molecular flexibility index (Phi) is 3.92. The molecule has 0 saturated heterocycles. The first-order valence-electron chi connectivity index (χ1n) is 9.66.